The van der Waals surface area contributed by atoms with Crippen molar-refractivity contribution in [3.05, 3.63) is 47.5 Å². The molecule has 4 fully saturated rings. The molecule has 0 unspecified atom stereocenters. The smallest absolute Gasteiger partial charge is 0.251 e. The Morgan fingerprint density at radius 1 is 1.19 bits per heavy atom. The number of benzene rings is 2. The van der Waals surface area contributed by atoms with Gasteiger partial charge in [0.25, 0.3) is 5.91 Å². The van der Waals surface area contributed by atoms with Gasteiger partial charge in [0, 0.05) is 62.5 Å². The van der Waals surface area contributed by atoms with Gasteiger partial charge in [-0.05, 0) is 78.5 Å². The first kappa shape index (κ1) is 44.4. The average Bonchev–Trinajstić information content (AvgIpc) is 3.49. The summed E-state index contributed by atoms with van der Waals surface area (Å²) < 4.78 is 6.44. The minimum absolute atomic E-state index is 0.0253. The fourth-order valence-corrected chi connectivity index (χ4v) is 9.93. The summed E-state index contributed by atoms with van der Waals surface area (Å²) in [4.78, 5) is 36.7. The first-order valence-electron chi connectivity index (χ1n) is 20.5. The number of nitrogens with zero attached hydrogens (tertiary/aromatic N) is 4. The number of amides is 2. The van der Waals surface area contributed by atoms with E-state index in [4.69, 9.17) is 9.57 Å². The van der Waals surface area contributed by atoms with Crippen LogP contribution in [0.2, 0.25) is 0 Å². The number of aliphatic hydroxyl groups is 2. The Labute approximate surface area is 341 Å². The maximum atomic E-state index is 14.3. The molecule has 3 saturated carbocycles. The number of ether oxygens (including phenoxy) is 1. The summed E-state index contributed by atoms with van der Waals surface area (Å²) in [7, 11) is 10.9. The maximum absolute atomic E-state index is 14.3. The van der Waals surface area contributed by atoms with Crippen molar-refractivity contribution in [2.75, 3.05) is 53.4 Å². The Bertz CT molecular complexity index is 1800. The van der Waals surface area contributed by atoms with E-state index in [0.717, 1.165) is 35.2 Å². The lowest BCUT2D eigenvalue weighted by atomic mass is 9.45. The molecule has 4 N–H and O–H groups in total. The van der Waals surface area contributed by atoms with Gasteiger partial charge in [-0.3, -0.25) is 14.4 Å². The van der Waals surface area contributed by atoms with Gasteiger partial charge in [0.15, 0.2) is 0 Å². The summed E-state index contributed by atoms with van der Waals surface area (Å²) in [6, 6.07) is 10.5. The molecule has 2 aromatic carbocycles. The third-order valence-electron chi connectivity index (χ3n) is 13.0. The van der Waals surface area contributed by atoms with Crippen LogP contribution in [0.3, 0.4) is 0 Å². The van der Waals surface area contributed by atoms with Crippen molar-refractivity contribution < 1.29 is 33.8 Å². The molecule has 1 aliphatic heterocycles. The predicted molar refractivity (Wildman–Crippen MR) is 224 cm³/mol. The van der Waals surface area contributed by atoms with Crippen molar-refractivity contribution in [2.45, 2.75) is 105 Å². The van der Waals surface area contributed by atoms with Gasteiger partial charge in [-0.25, -0.2) is 5.26 Å². The Hall–Kier alpha value is -3.67. The number of carbonyl (C=O) groups excluding carboxylic acids is 2. The number of anilines is 1. The minimum Gasteiger partial charge on any atom is -0.551 e. The van der Waals surface area contributed by atoms with Gasteiger partial charge in [-0.1, -0.05) is 59.7 Å². The van der Waals surface area contributed by atoms with Crippen molar-refractivity contribution >= 4 is 24.9 Å². The van der Waals surface area contributed by atoms with E-state index in [1.165, 1.54) is 6.42 Å². The van der Waals surface area contributed by atoms with Crippen molar-refractivity contribution in [3.8, 4) is 22.8 Å². The standard InChI is InChI=1S/C44H66BN6O6/c1-26-35-19-31(44(35,6)7)20-36(26)48-42(55)39-38(27(2)53)37(24-52)57-50(39)22-28-14-13-15-34(40(28)56-12)29-16-30(18-33(17-29)49(8)9)41(54)47-32(21-43(3,4)5)23-51(10,11)45-25-46/h13-18,26-27,31-32,35-39,52-53H,19-24H2,1-12H3,(H-,47,48,54,55)/q-1/p+1/t26-,27-,31+,32-,35-,36-,37-,38-,39-/m0/s1. The molecule has 2 amide bonds. The van der Waals surface area contributed by atoms with Crippen LogP contribution < -0.4 is 20.3 Å². The lowest BCUT2D eigenvalue weighted by Crippen LogP contribution is -2.62. The maximum Gasteiger partial charge on any atom is 0.251 e. The van der Waals surface area contributed by atoms with Crippen LogP contribution in [-0.2, 0) is 16.2 Å². The van der Waals surface area contributed by atoms with E-state index >= 15 is 0 Å². The number of aliphatic hydroxyl groups excluding tert-OH is 2. The summed E-state index contributed by atoms with van der Waals surface area (Å²) in [5.74, 6) is 3.06. The SMILES string of the molecule is COc1c(CN2O[C@@H](CO)[C@H]([C@H](C)O)[C@H]2C(=O)N[C@H]2C[C@H]3C[C@@H]([C@@H]2C)C3(C)C)cccc1-c1cc(C(=O)N[C@@H](CC(C)(C)C)C[N+](C)(C)[B-]C#N)cc(N(C)C)c1. The molecule has 2 aromatic rings. The second-order valence-corrected chi connectivity index (χ2v) is 19.6. The van der Waals surface area contributed by atoms with Crippen LogP contribution >= 0.6 is 0 Å². The zero-order valence-corrected chi connectivity index (χ0v) is 36.3. The molecule has 9 atom stereocenters. The molecule has 57 heavy (non-hydrogen) atoms. The van der Waals surface area contributed by atoms with Crippen LogP contribution in [0.1, 0.15) is 83.7 Å². The lowest BCUT2D eigenvalue weighted by Gasteiger charge is -2.62. The number of likely N-dealkylation sites (N-methyl/N-ethyl adjacent to an activating group) is 1. The lowest BCUT2D eigenvalue weighted by molar-refractivity contribution is -0.779. The summed E-state index contributed by atoms with van der Waals surface area (Å²) in [5.41, 5.74) is 3.79. The van der Waals surface area contributed by atoms with Crippen molar-refractivity contribution in [1.29, 1.82) is 5.26 Å². The largest absolute Gasteiger partial charge is 0.551 e. The van der Waals surface area contributed by atoms with Crippen LogP contribution in [0.5, 0.6) is 5.75 Å². The Balaban J connectivity index is 1.46. The number of rotatable bonds is 15. The van der Waals surface area contributed by atoms with Crippen LogP contribution in [0.15, 0.2) is 36.4 Å². The average molecular weight is 787 g/mol. The van der Waals surface area contributed by atoms with Crippen LogP contribution in [0, 0.1) is 45.7 Å². The Morgan fingerprint density at radius 2 is 1.89 bits per heavy atom. The van der Waals surface area contributed by atoms with Gasteiger partial charge >= 0.3 is 0 Å². The topological polar surface area (TPSA) is 147 Å². The minimum atomic E-state index is -0.914. The molecule has 0 aromatic heterocycles. The fraction of sp³-hybridized carbons (Fsp3) is 0.659. The van der Waals surface area contributed by atoms with Gasteiger partial charge in [0.05, 0.1) is 39.0 Å². The summed E-state index contributed by atoms with van der Waals surface area (Å²) >= 11 is 0. The Morgan fingerprint density at radius 3 is 2.46 bits per heavy atom. The van der Waals surface area contributed by atoms with E-state index in [1.54, 1.807) is 26.5 Å². The molecule has 12 nitrogen and oxygen atoms in total. The van der Waals surface area contributed by atoms with Crippen LogP contribution in [0.4, 0.5) is 5.69 Å². The molecule has 1 saturated heterocycles. The number of nitriles is 1. The van der Waals surface area contributed by atoms with E-state index in [0.29, 0.717) is 40.0 Å². The normalized spacial score (nSPS) is 26.8. The molecule has 312 valence electrons. The highest BCUT2D eigenvalue weighted by Gasteiger charge is 2.57. The molecule has 6 rings (SSSR count). The highest BCUT2D eigenvalue weighted by atomic mass is 16.7. The third kappa shape index (κ3) is 9.80. The number of fused-ring (bicyclic) bond motifs is 2. The van der Waals surface area contributed by atoms with E-state index in [1.807, 2.05) is 69.5 Å². The fourth-order valence-electron chi connectivity index (χ4n) is 9.93. The number of carbonyl (C=O) groups is 2. The molecular weight excluding hydrogens is 719 g/mol. The number of quaternary nitrogens is 1. The molecule has 13 heteroatoms. The molecule has 4 aliphatic rings. The van der Waals surface area contributed by atoms with E-state index < -0.39 is 24.2 Å². The van der Waals surface area contributed by atoms with Gasteiger partial charge in [-0.2, -0.15) is 5.06 Å². The highest BCUT2D eigenvalue weighted by molar-refractivity contribution is 6.36. The number of methoxy groups -OCH3 is 1. The molecular formula is C44H67BN6O6. The first-order valence-corrected chi connectivity index (χ1v) is 20.5. The van der Waals surface area contributed by atoms with Crippen molar-refractivity contribution in [1.82, 2.24) is 15.7 Å². The zero-order valence-electron chi connectivity index (χ0n) is 36.3. The van der Waals surface area contributed by atoms with Gasteiger partial charge in [0.2, 0.25) is 5.91 Å². The second kappa shape index (κ2) is 17.3. The van der Waals surface area contributed by atoms with Gasteiger partial charge in [-0.15, -0.1) is 5.97 Å². The number of para-hydroxylation sites is 1. The van der Waals surface area contributed by atoms with E-state index in [-0.39, 0.29) is 47.9 Å². The van der Waals surface area contributed by atoms with E-state index in [9.17, 15) is 25.1 Å². The predicted octanol–water partition coefficient (Wildman–Crippen LogP) is 4.80. The number of hydrogen-bond donors (Lipinski definition) is 4. The number of hydrogen-bond acceptors (Lipinski definition) is 9. The first-order chi connectivity index (χ1) is 26.6. The highest BCUT2D eigenvalue weighted by Crippen LogP contribution is 2.61. The third-order valence-corrected chi connectivity index (χ3v) is 13.0. The monoisotopic (exact) mass is 787 g/mol. The molecule has 2 bridgehead atoms. The van der Waals surface area contributed by atoms with Crippen LogP contribution in [-0.4, -0.2) is 118 Å². The van der Waals surface area contributed by atoms with E-state index in [2.05, 4.69) is 58.1 Å². The molecule has 0 spiro atoms. The summed E-state index contributed by atoms with van der Waals surface area (Å²) in [6.45, 7) is 15.3. The molecule has 1 heterocycles. The summed E-state index contributed by atoms with van der Waals surface area (Å²) in [6.07, 6.45) is 1.15. The van der Waals surface area contributed by atoms with Gasteiger partial charge in [0.1, 0.15) is 25.3 Å². The molecule has 2 radical (unpaired) electrons. The quantitative estimate of drug-likeness (QED) is 0.187. The number of nitrogens with one attached hydrogen (secondary N) is 2. The summed E-state index contributed by atoms with van der Waals surface area (Å²) in [5, 5.41) is 39.0. The van der Waals surface area contributed by atoms with Crippen molar-refractivity contribution in [3.63, 3.8) is 0 Å². The zero-order chi connectivity index (χ0) is 42.2. The second-order valence-electron chi connectivity index (χ2n) is 19.6. The van der Waals surface area contributed by atoms with Crippen molar-refractivity contribution in [2.24, 2.45) is 34.5 Å². The Kier molecular flexibility index (Phi) is 13.5. The van der Waals surface area contributed by atoms with Crippen LogP contribution in [0.25, 0.3) is 11.1 Å². The molecule has 3 aliphatic carbocycles. The number of hydroxylamine groups is 2. The van der Waals surface area contributed by atoms with Gasteiger partial charge < -0.3 is 34.9 Å².